The Kier molecular flexibility index (Phi) is 6.63. The number of halogens is 1. The normalized spacial score (nSPS) is 20.5. The van der Waals surface area contributed by atoms with Gasteiger partial charge in [-0.1, -0.05) is 0 Å². The molecule has 4 N–H and O–H groups in total. The molecular formula is C22H24FN5O5. The number of nitrogens with one attached hydrogen (secondary N) is 1. The molecule has 0 unspecified atom stereocenters. The van der Waals surface area contributed by atoms with Gasteiger partial charge in [0, 0.05) is 24.8 Å². The molecule has 0 radical (unpaired) electrons. The maximum absolute atomic E-state index is 13.5. The minimum Gasteiger partial charge on any atom is -0.463 e. The van der Waals surface area contributed by atoms with Gasteiger partial charge < -0.3 is 30.0 Å². The molecule has 1 fully saturated rings. The van der Waals surface area contributed by atoms with E-state index >= 15 is 0 Å². The molecule has 0 aliphatic carbocycles. The fourth-order valence-corrected chi connectivity index (χ4v) is 3.19. The minimum atomic E-state index is -0.931. The molecule has 4 rings (SSSR count). The van der Waals surface area contributed by atoms with E-state index in [1.165, 1.54) is 18.3 Å². The van der Waals surface area contributed by atoms with E-state index in [4.69, 9.17) is 25.1 Å². The first-order valence-electron chi connectivity index (χ1n) is 10.4. The summed E-state index contributed by atoms with van der Waals surface area (Å²) >= 11 is 0. The van der Waals surface area contributed by atoms with Gasteiger partial charge in [0.2, 0.25) is 12.2 Å². The first-order valence-corrected chi connectivity index (χ1v) is 10.4. The van der Waals surface area contributed by atoms with E-state index in [0.717, 1.165) is 0 Å². The van der Waals surface area contributed by atoms with Crippen molar-refractivity contribution >= 4 is 5.91 Å². The molecule has 1 amide bonds. The lowest BCUT2D eigenvalue weighted by Gasteiger charge is -2.34. The highest BCUT2D eigenvalue weighted by Crippen LogP contribution is 2.35. The van der Waals surface area contributed by atoms with Crippen LogP contribution in [-0.2, 0) is 14.3 Å². The van der Waals surface area contributed by atoms with Crippen LogP contribution in [0.25, 0.3) is 22.6 Å². The Bertz CT molecular complexity index is 1110. The summed E-state index contributed by atoms with van der Waals surface area (Å²) in [6.45, 7) is 2.08. The van der Waals surface area contributed by atoms with Gasteiger partial charge in [-0.2, -0.15) is 4.98 Å². The third kappa shape index (κ3) is 5.00. The van der Waals surface area contributed by atoms with Crippen LogP contribution in [0.4, 0.5) is 4.39 Å². The zero-order chi connectivity index (χ0) is 23.4. The van der Waals surface area contributed by atoms with Gasteiger partial charge in [-0.05, 0) is 37.3 Å². The third-order valence-corrected chi connectivity index (χ3v) is 5.19. The van der Waals surface area contributed by atoms with Crippen LogP contribution < -0.4 is 10.5 Å². The number of imidazole rings is 1. The zero-order valence-corrected chi connectivity index (χ0v) is 18.0. The number of carbonyl (C=O) groups excluding carboxylic acids is 1. The Hall–Kier alpha value is -3.41. The standard InChI is InChI=1S/C22H24FN5O5/c1-22(20(24)30)11-32-19(33-12-22)18-27-16(13-3-5-14(23)6-4-13)17(28-18)15-7-8-25-21(26-15)31-10-2-9-29/h3-8,19,29H,2,9-12H2,1H3,(H2,24,30)(H,27,28). The van der Waals surface area contributed by atoms with Crippen molar-refractivity contribution in [1.29, 1.82) is 0 Å². The number of aromatic nitrogens is 4. The van der Waals surface area contributed by atoms with Crippen molar-refractivity contribution in [3.63, 3.8) is 0 Å². The monoisotopic (exact) mass is 457 g/mol. The van der Waals surface area contributed by atoms with E-state index in [9.17, 15) is 9.18 Å². The summed E-state index contributed by atoms with van der Waals surface area (Å²) in [5.74, 6) is -0.526. The molecule has 10 nitrogen and oxygen atoms in total. The Labute approximate surface area is 188 Å². The van der Waals surface area contributed by atoms with Crippen molar-refractivity contribution in [2.75, 3.05) is 26.4 Å². The summed E-state index contributed by atoms with van der Waals surface area (Å²) in [6, 6.07) is 7.70. The Morgan fingerprint density at radius 3 is 2.67 bits per heavy atom. The highest BCUT2D eigenvalue weighted by Gasteiger charge is 2.39. The van der Waals surface area contributed by atoms with Gasteiger partial charge in [-0.25, -0.2) is 14.4 Å². The van der Waals surface area contributed by atoms with E-state index in [2.05, 4.69) is 19.9 Å². The van der Waals surface area contributed by atoms with Crippen molar-refractivity contribution in [3.05, 3.63) is 48.2 Å². The van der Waals surface area contributed by atoms with Crippen LogP contribution in [-0.4, -0.2) is 57.4 Å². The highest BCUT2D eigenvalue weighted by atomic mass is 19.1. The lowest BCUT2D eigenvalue weighted by atomic mass is 9.91. The topological polar surface area (TPSA) is 145 Å². The summed E-state index contributed by atoms with van der Waals surface area (Å²) < 4.78 is 30.4. The fraction of sp³-hybridized carbons (Fsp3) is 0.364. The van der Waals surface area contributed by atoms with Gasteiger partial charge in [-0.3, -0.25) is 4.79 Å². The summed E-state index contributed by atoms with van der Waals surface area (Å²) in [5, 5.41) is 8.94. The molecule has 1 aromatic carbocycles. The number of carbonyl (C=O) groups is 1. The minimum absolute atomic E-state index is 0.00545. The molecule has 1 aliphatic rings. The maximum Gasteiger partial charge on any atom is 0.316 e. The van der Waals surface area contributed by atoms with Crippen molar-refractivity contribution in [1.82, 2.24) is 19.9 Å². The molecule has 2 aromatic heterocycles. The maximum atomic E-state index is 13.5. The summed E-state index contributed by atoms with van der Waals surface area (Å²) in [6.07, 6.45) is 1.13. The van der Waals surface area contributed by atoms with E-state index in [1.54, 1.807) is 25.1 Å². The fourth-order valence-electron chi connectivity index (χ4n) is 3.19. The Morgan fingerprint density at radius 1 is 1.27 bits per heavy atom. The number of H-pyrrole nitrogens is 1. The number of aliphatic hydroxyl groups excluding tert-OH is 1. The van der Waals surface area contributed by atoms with E-state index in [-0.39, 0.29) is 38.3 Å². The van der Waals surface area contributed by atoms with Crippen LogP contribution in [0.5, 0.6) is 6.01 Å². The predicted octanol–water partition coefficient (Wildman–Crippen LogP) is 1.97. The second-order valence-corrected chi connectivity index (χ2v) is 7.88. The number of aromatic amines is 1. The number of hydrogen-bond acceptors (Lipinski definition) is 8. The van der Waals surface area contributed by atoms with Gasteiger partial charge in [0.25, 0.3) is 0 Å². The third-order valence-electron chi connectivity index (χ3n) is 5.19. The molecule has 0 spiro atoms. The van der Waals surface area contributed by atoms with Crippen molar-refractivity contribution in [3.8, 4) is 28.7 Å². The second-order valence-electron chi connectivity index (χ2n) is 7.88. The number of aliphatic hydroxyl groups is 1. The Balaban J connectivity index is 1.68. The van der Waals surface area contributed by atoms with Gasteiger partial charge in [0.15, 0.2) is 5.82 Å². The lowest BCUT2D eigenvalue weighted by Crippen LogP contribution is -2.46. The number of benzene rings is 1. The molecule has 174 valence electrons. The molecule has 1 saturated heterocycles. The van der Waals surface area contributed by atoms with E-state index in [0.29, 0.717) is 34.9 Å². The first kappa shape index (κ1) is 22.8. The van der Waals surface area contributed by atoms with Crippen LogP contribution >= 0.6 is 0 Å². The van der Waals surface area contributed by atoms with Gasteiger partial charge in [0.1, 0.15) is 5.82 Å². The number of primary amides is 1. The van der Waals surface area contributed by atoms with Crippen molar-refractivity contribution in [2.24, 2.45) is 11.1 Å². The van der Waals surface area contributed by atoms with Crippen LogP contribution in [0.15, 0.2) is 36.5 Å². The van der Waals surface area contributed by atoms with Crippen molar-refractivity contribution < 1.29 is 28.5 Å². The largest absolute Gasteiger partial charge is 0.463 e. The number of nitrogens with zero attached hydrogens (tertiary/aromatic N) is 3. The molecule has 0 saturated carbocycles. The van der Waals surface area contributed by atoms with Gasteiger partial charge >= 0.3 is 6.01 Å². The van der Waals surface area contributed by atoms with Crippen LogP contribution in [0, 0.1) is 11.2 Å². The second kappa shape index (κ2) is 9.61. The number of hydrogen-bond donors (Lipinski definition) is 3. The molecule has 0 bridgehead atoms. The van der Waals surface area contributed by atoms with E-state index in [1.807, 2.05) is 0 Å². The summed E-state index contributed by atoms with van der Waals surface area (Å²) in [4.78, 5) is 28.0. The molecule has 11 heteroatoms. The molecular weight excluding hydrogens is 433 g/mol. The zero-order valence-electron chi connectivity index (χ0n) is 18.0. The SMILES string of the molecule is CC1(C(N)=O)COC(c2nc(-c3ccc(F)cc3)c(-c3ccnc(OCCCO)n3)[nH]2)OC1. The van der Waals surface area contributed by atoms with Crippen LogP contribution in [0.2, 0.25) is 0 Å². The molecule has 3 heterocycles. The lowest BCUT2D eigenvalue weighted by molar-refractivity contribution is -0.230. The average Bonchev–Trinajstić information content (AvgIpc) is 3.26. The van der Waals surface area contributed by atoms with Crippen molar-refractivity contribution in [2.45, 2.75) is 19.6 Å². The average molecular weight is 457 g/mol. The quantitative estimate of drug-likeness (QED) is 0.435. The number of rotatable bonds is 8. The highest BCUT2D eigenvalue weighted by molar-refractivity contribution is 5.81. The molecule has 0 atom stereocenters. The number of amides is 1. The smallest absolute Gasteiger partial charge is 0.316 e. The van der Waals surface area contributed by atoms with Crippen LogP contribution in [0.3, 0.4) is 0 Å². The van der Waals surface area contributed by atoms with Gasteiger partial charge in [0.05, 0.1) is 42.3 Å². The summed E-state index contributed by atoms with van der Waals surface area (Å²) in [5.41, 5.74) is 6.67. The summed E-state index contributed by atoms with van der Waals surface area (Å²) in [7, 11) is 0. The molecule has 33 heavy (non-hydrogen) atoms. The number of ether oxygens (including phenoxy) is 3. The number of nitrogens with two attached hydrogens (primary N) is 1. The molecule has 1 aliphatic heterocycles. The Morgan fingerprint density at radius 2 is 2.00 bits per heavy atom. The van der Waals surface area contributed by atoms with E-state index < -0.39 is 17.6 Å². The first-order chi connectivity index (χ1) is 15.9. The van der Waals surface area contributed by atoms with Crippen LogP contribution in [0.1, 0.15) is 25.5 Å². The molecule has 3 aromatic rings. The predicted molar refractivity (Wildman–Crippen MR) is 114 cm³/mol. The van der Waals surface area contributed by atoms with Gasteiger partial charge in [-0.15, -0.1) is 0 Å².